The number of hydrogen-bond donors (Lipinski definition) is 1. The lowest BCUT2D eigenvalue weighted by Crippen LogP contribution is -2.16. The molecule has 1 unspecified atom stereocenters. The van der Waals surface area contributed by atoms with Crippen LogP contribution in [0.3, 0.4) is 0 Å². The standard InChI is InChI=1S/C19H14ClF2NO3S2/c1-26-17-5-3-11(6-14(17)20)13-4-2-10(9-18(13)27)12-7-15(21)19(16(22)8-12)28(23,24)25/h2-9,13H,1H3,(H2,23,24,25). The number of primary sulfonamides is 1. The van der Waals surface area contributed by atoms with Gasteiger partial charge in [0.1, 0.15) is 17.4 Å². The van der Waals surface area contributed by atoms with Gasteiger partial charge in [0.05, 0.1) is 12.1 Å². The van der Waals surface area contributed by atoms with E-state index in [1.807, 2.05) is 6.07 Å². The van der Waals surface area contributed by atoms with Crippen molar-refractivity contribution in [2.75, 3.05) is 7.11 Å². The monoisotopic (exact) mass is 441 g/mol. The number of ether oxygens (including phenoxy) is 1. The van der Waals surface area contributed by atoms with E-state index in [1.165, 1.54) is 7.11 Å². The van der Waals surface area contributed by atoms with E-state index in [0.717, 1.165) is 17.7 Å². The lowest BCUT2D eigenvalue weighted by molar-refractivity contribution is 0.415. The Morgan fingerprint density at radius 1 is 1.18 bits per heavy atom. The van der Waals surface area contributed by atoms with Crippen LogP contribution in [0.5, 0.6) is 5.75 Å². The molecule has 2 aromatic rings. The van der Waals surface area contributed by atoms with Gasteiger partial charge in [-0.15, -0.1) is 0 Å². The third kappa shape index (κ3) is 4.00. The minimum absolute atomic E-state index is 0.146. The fraction of sp³-hybridized carbons (Fsp3) is 0.105. The summed E-state index contributed by atoms with van der Waals surface area (Å²) < 4.78 is 56.0. The van der Waals surface area contributed by atoms with Crippen molar-refractivity contribution in [1.29, 1.82) is 0 Å². The average molecular weight is 442 g/mol. The summed E-state index contributed by atoms with van der Waals surface area (Å²) >= 11 is 11.6. The van der Waals surface area contributed by atoms with Crippen LogP contribution in [0.2, 0.25) is 5.02 Å². The van der Waals surface area contributed by atoms with Crippen molar-refractivity contribution in [3.8, 4) is 5.75 Å². The molecule has 1 aliphatic rings. The Kier molecular flexibility index (Phi) is 5.67. The molecule has 2 aromatic carbocycles. The lowest BCUT2D eigenvalue weighted by Gasteiger charge is -2.19. The van der Waals surface area contributed by atoms with Crippen LogP contribution in [-0.2, 0) is 10.0 Å². The van der Waals surface area contributed by atoms with Crippen LogP contribution >= 0.6 is 23.8 Å². The molecule has 0 aliphatic heterocycles. The van der Waals surface area contributed by atoms with Gasteiger partial charge in [-0.25, -0.2) is 22.3 Å². The van der Waals surface area contributed by atoms with Crippen LogP contribution < -0.4 is 9.88 Å². The highest BCUT2D eigenvalue weighted by molar-refractivity contribution is 7.89. The molecule has 0 aromatic heterocycles. The van der Waals surface area contributed by atoms with E-state index in [-0.39, 0.29) is 11.5 Å². The molecule has 146 valence electrons. The van der Waals surface area contributed by atoms with E-state index in [0.29, 0.717) is 21.2 Å². The highest BCUT2D eigenvalue weighted by Crippen LogP contribution is 2.34. The molecule has 2 N–H and O–H groups in total. The second kappa shape index (κ2) is 7.71. The summed E-state index contributed by atoms with van der Waals surface area (Å²) in [6.45, 7) is 0. The molecule has 0 amide bonds. The Bertz CT molecular complexity index is 1120. The first-order valence-corrected chi connectivity index (χ1v) is 10.2. The van der Waals surface area contributed by atoms with Gasteiger partial charge in [0, 0.05) is 10.8 Å². The van der Waals surface area contributed by atoms with Gasteiger partial charge < -0.3 is 4.74 Å². The minimum Gasteiger partial charge on any atom is -0.495 e. The van der Waals surface area contributed by atoms with Crippen molar-refractivity contribution < 1.29 is 21.9 Å². The number of hydrogen-bond acceptors (Lipinski definition) is 4. The fourth-order valence-electron chi connectivity index (χ4n) is 2.92. The summed E-state index contributed by atoms with van der Waals surface area (Å²) in [5, 5.41) is 5.29. The van der Waals surface area contributed by atoms with E-state index in [9.17, 15) is 17.2 Å². The van der Waals surface area contributed by atoms with Crippen LogP contribution in [0.25, 0.3) is 5.57 Å². The fourth-order valence-corrected chi connectivity index (χ4v) is 4.18. The minimum atomic E-state index is -4.51. The normalized spacial score (nSPS) is 16.8. The van der Waals surface area contributed by atoms with Gasteiger partial charge in [0.15, 0.2) is 4.90 Å². The molecular formula is C19H14ClF2NO3S2. The van der Waals surface area contributed by atoms with Crippen molar-refractivity contribution in [1.82, 2.24) is 0 Å². The van der Waals surface area contributed by atoms with Gasteiger partial charge in [0.25, 0.3) is 0 Å². The lowest BCUT2D eigenvalue weighted by atomic mass is 9.88. The van der Waals surface area contributed by atoms with Crippen molar-refractivity contribution in [2.24, 2.45) is 5.14 Å². The average Bonchev–Trinajstić information content (AvgIpc) is 2.59. The topological polar surface area (TPSA) is 69.4 Å². The Labute approximate surface area is 171 Å². The summed E-state index contributed by atoms with van der Waals surface area (Å²) in [7, 11) is -3.00. The largest absolute Gasteiger partial charge is 0.495 e. The molecule has 0 saturated heterocycles. The molecule has 0 fully saturated rings. The maximum Gasteiger partial charge on any atom is 0.243 e. The molecular weight excluding hydrogens is 428 g/mol. The van der Waals surface area contributed by atoms with Gasteiger partial charge in [-0.2, -0.15) is 0 Å². The van der Waals surface area contributed by atoms with Gasteiger partial charge in [-0.3, -0.25) is 0 Å². The molecule has 28 heavy (non-hydrogen) atoms. The molecule has 0 spiro atoms. The maximum atomic E-state index is 14.1. The van der Waals surface area contributed by atoms with Crippen LogP contribution in [0.15, 0.2) is 53.5 Å². The highest BCUT2D eigenvalue weighted by Gasteiger charge is 2.23. The van der Waals surface area contributed by atoms with Crippen molar-refractivity contribution >= 4 is 44.3 Å². The number of nitrogens with two attached hydrogens (primary N) is 1. The Balaban J connectivity index is 1.94. The van der Waals surface area contributed by atoms with Crippen LogP contribution in [0.4, 0.5) is 8.78 Å². The highest BCUT2D eigenvalue weighted by atomic mass is 35.5. The van der Waals surface area contributed by atoms with Gasteiger partial charge in [-0.1, -0.05) is 42.0 Å². The van der Waals surface area contributed by atoms with Gasteiger partial charge in [-0.05, 0) is 47.0 Å². The SMILES string of the molecule is COc1ccc(C2C=CC(c3cc(F)c(S(N)(=O)=O)c(F)c3)=CC2=S)cc1Cl. The van der Waals surface area contributed by atoms with E-state index in [1.54, 1.807) is 30.4 Å². The number of methoxy groups -OCH3 is 1. The third-order valence-electron chi connectivity index (χ3n) is 4.22. The molecule has 0 saturated carbocycles. The molecule has 9 heteroatoms. The van der Waals surface area contributed by atoms with Crippen molar-refractivity contribution in [2.45, 2.75) is 10.8 Å². The zero-order chi connectivity index (χ0) is 20.6. The van der Waals surface area contributed by atoms with Crippen molar-refractivity contribution in [3.05, 3.63) is 76.3 Å². The first-order valence-electron chi connectivity index (χ1n) is 7.91. The molecule has 4 nitrogen and oxygen atoms in total. The number of benzene rings is 2. The molecule has 3 rings (SSSR count). The number of sulfonamides is 1. The molecule has 1 aliphatic carbocycles. The third-order valence-corrected chi connectivity index (χ3v) is 5.85. The van der Waals surface area contributed by atoms with Gasteiger partial charge >= 0.3 is 0 Å². The second-order valence-corrected chi connectivity index (χ2v) is 8.42. The summed E-state index contributed by atoms with van der Waals surface area (Å²) in [5.74, 6) is -2.24. The number of rotatable bonds is 4. The Hall–Kier alpha value is -2.13. The Morgan fingerprint density at radius 3 is 2.32 bits per heavy atom. The zero-order valence-corrected chi connectivity index (χ0v) is 16.8. The summed E-state index contributed by atoms with van der Waals surface area (Å²) in [4.78, 5) is -0.653. The smallest absolute Gasteiger partial charge is 0.243 e. The predicted molar refractivity (Wildman–Crippen MR) is 108 cm³/mol. The number of thiocarbonyl (C=S) groups is 1. The molecule has 0 bridgehead atoms. The number of allylic oxidation sites excluding steroid dienone is 4. The van der Waals surface area contributed by atoms with Crippen LogP contribution in [0.1, 0.15) is 17.0 Å². The van der Waals surface area contributed by atoms with Crippen LogP contribution in [0, 0.1) is 11.6 Å². The zero-order valence-electron chi connectivity index (χ0n) is 14.4. The van der Waals surface area contributed by atoms with E-state index in [2.05, 4.69) is 0 Å². The Morgan fingerprint density at radius 2 is 1.82 bits per heavy atom. The van der Waals surface area contributed by atoms with E-state index in [4.69, 9.17) is 33.7 Å². The molecule has 0 heterocycles. The maximum absolute atomic E-state index is 14.1. The first kappa shape index (κ1) is 20.6. The van der Waals surface area contributed by atoms with E-state index < -0.39 is 26.6 Å². The molecule has 1 atom stereocenters. The van der Waals surface area contributed by atoms with Crippen molar-refractivity contribution in [3.63, 3.8) is 0 Å². The van der Waals surface area contributed by atoms with Crippen LogP contribution in [-0.4, -0.2) is 20.4 Å². The second-order valence-electron chi connectivity index (χ2n) is 6.05. The predicted octanol–water partition coefficient (Wildman–Crippen LogP) is 4.38. The first-order chi connectivity index (χ1) is 13.1. The number of halogens is 3. The summed E-state index contributed by atoms with van der Waals surface area (Å²) in [5.41, 5.74) is 1.43. The summed E-state index contributed by atoms with van der Waals surface area (Å²) in [6.07, 6.45) is 5.03. The molecule has 0 radical (unpaired) electrons. The quantitative estimate of drug-likeness (QED) is 0.715. The van der Waals surface area contributed by atoms with Gasteiger partial charge in [0.2, 0.25) is 10.0 Å². The summed E-state index contributed by atoms with van der Waals surface area (Å²) in [6, 6.07) is 7.11. The van der Waals surface area contributed by atoms with E-state index >= 15 is 0 Å².